The number of nitrogens with zero attached hydrogens (tertiary/aromatic N) is 2. The molecule has 0 aliphatic rings. The molecule has 0 saturated carbocycles. The summed E-state index contributed by atoms with van der Waals surface area (Å²) in [6, 6.07) is 3.12. The van der Waals surface area contributed by atoms with Gasteiger partial charge in [-0.25, -0.2) is 9.37 Å². The first-order valence-electron chi connectivity index (χ1n) is 4.45. The van der Waals surface area contributed by atoms with Gasteiger partial charge in [-0.15, -0.1) is 0 Å². The fourth-order valence-corrected chi connectivity index (χ4v) is 2.59. The van der Waals surface area contributed by atoms with Gasteiger partial charge in [0.05, 0.1) is 9.37 Å². The Balaban J connectivity index is 2.37. The van der Waals surface area contributed by atoms with E-state index in [0.29, 0.717) is 15.6 Å². The molecule has 1 aromatic heterocycles. The summed E-state index contributed by atoms with van der Waals surface area (Å²) in [7, 11) is 0. The highest BCUT2D eigenvalue weighted by Crippen LogP contribution is 2.32. The van der Waals surface area contributed by atoms with Crippen molar-refractivity contribution in [1.29, 1.82) is 5.41 Å². The van der Waals surface area contributed by atoms with E-state index in [0.717, 1.165) is 11.8 Å². The minimum Gasteiger partial charge on any atom is -0.384 e. The zero-order valence-corrected chi connectivity index (χ0v) is 10.8. The predicted octanol–water partition coefficient (Wildman–Crippen LogP) is 2.14. The van der Waals surface area contributed by atoms with E-state index < -0.39 is 5.82 Å². The van der Waals surface area contributed by atoms with Gasteiger partial charge >= 0.3 is 0 Å². The van der Waals surface area contributed by atoms with Crippen molar-refractivity contribution >= 4 is 33.5 Å². The Morgan fingerprint density at radius 3 is 2.88 bits per heavy atom. The summed E-state index contributed by atoms with van der Waals surface area (Å²) in [4.78, 5) is 4.26. The fourth-order valence-electron chi connectivity index (χ4n) is 1.17. The van der Waals surface area contributed by atoms with E-state index in [1.165, 1.54) is 6.33 Å². The molecule has 0 saturated heterocycles. The molecular weight excluding hydrogens is 309 g/mol. The Kier molecular flexibility index (Phi) is 3.43. The van der Waals surface area contributed by atoms with Gasteiger partial charge in [-0.2, -0.15) is 5.10 Å². The van der Waals surface area contributed by atoms with Crippen LogP contribution < -0.4 is 5.73 Å². The zero-order chi connectivity index (χ0) is 12.4. The Bertz CT molecular complexity index is 557. The van der Waals surface area contributed by atoms with Crippen molar-refractivity contribution in [3.8, 4) is 0 Å². The first-order chi connectivity index (χ1) is 8.09. The van der Waals surface area contributed by atoms with Crippen LogP contribution in [0.5, 0.6) is 0 Å². The van der Waals surface area contributed by atoms with E-state index >= 15 is 0 Å². The van der Waals surface area contributed by atoms with E-state index in [2.05, 4.69) is 31.1 Å². The number of hydrogen-bond donors (Lipinski definition) is 3. The summed E-state index contributed by atoms with van der Waals surface area (Å²) in [5, 5.41) is 14.1. The lowest BCUT2D eigenvalue weighted by molar-refractivity contribution is 0.594. The second-order valence-electron chi connectivity index (χ2n) is 3.05. The number of nitrogens with two attached hydrogens (primary N) is 1. The molecule has 8 heteroatoms. The second-order valence-corrected chi connectivity index (χ2v) is 4.87. The highest BCUT2D eigenvalue weighted by molar-refractivity contribution is 9.10. The fraction of sp³-hybridized carbons (Fsp3) is 0. The number of aromatic amines is 1. The van der Waals surface area contributed by atoms with Gasteiger partial charge in [0, 0.05) is 5.56 Å². The third-order valence-electron chi connectivity index (χ3n) is 1.94. The van der Waals surface area contributed by atoms with Gasteiger partial charge in [0.25, 0.3) is 0 Å². The van der Waals surface area contributed by atoms with Crippen LogP contribution in [0.1, 0.15) is 5.56 Å². The van der Waals surface area contributed by atoms with Gasteiger partial charge in [0.15, 0.2) is 11.0 Å². The number of aromatic nitrogens is 3. The average molecular weight is 316 g/mol. The molecule has 0 fully saturated rings. The Morgan fingerprint density at radius 1 is 1.53 bits per heavy atom. The molecule has 0 aliphatic heterocycles. The summed E-state index contributed by atoms with van der Waals surface area (Å²) in [6.07, 6.45) is 1.35. The van der Waals surface area contributed by atoms with Crippen molar-refractivity contribution in [3.05, 3.63) is 34.3 Å². The number of halogens is 2. The topological polar surface area (TPSA) is 91.4 Å². The lowest BCUT2D eigenvalue weighted by atomic mass is 10.2. The lowest BCUT2D eigenvalue weighted by Crippen LogP contribution is -2.12. The molecule has 1 aromatic carbocycles. The van der Waals surface area contributed by atoms with Crippen LogP contribution in [0.25, 0.3) is 0 Å². The van der Waals surface area contributed by atoms with Crippen molar-refractivity contribution in [3.63, 3.8) is 0 Å². The summed E-state index contributed by atoms with van der Waals surface area (Å²) in [6.45, 7) is 0. The number of nitrogen functional groups attached to an aromatic ring is 1. The smallest absolute Gasteiger partial charge is 0.188 e. The molecule has 88 valence electrons. The van der Waals surface area contributed by atoms with Gasteiger partial charge < -0.3 is 5.73 Å². The maximum Gasteiger partial charge on any atom is 0.188 e. The van der Waals surface area contributed by atoms with Crippen LogP contribution in [-0.4, -0.2) is 21.0 Å². The van der Waals surface area contributed by atoms with Crippen LogP contribution in [0, 0.1) is 11.2 Å². The molecule has 2 aromatic rings. The molecule has 0 spiro atoms. The summed E-state index contributed by atoms with van der Waals surface area (Å²) >= 11 is 4.19. The van der Waals surface area contributed by atoms with Crippen LogP contribution in [0.15, 0.2) is 33.0 Å². The van der Waals surface area contributed by atoms with Crippen molar-refractivity contribution in [2.75, 3.05) is 0 Å². The molecule has 0 radical (unpaired) electrons. The molecule has 0 unspecified atom stereocenters. The molecule has 0 atom stereocenters. The SMILES string of the molecule is N=C(N)c1ccc(Sc2ncn[nH]2)c(F)c1Br. The lowest BCUT2D eigenvalue weighted by Gasteiger charge is -2.06. The first kappa shape index (κ1) is 12.1. The van der Waals surface area contributed by atoms with Crippen LogP contribution in [-0.2, 0) is 0 Å². The van der Waals surface area contributed by atoms with Crippen molar-refractivity contribution in [2.45, 2.75) is 10.1 Å². The second kappa shape index (κ2) is 4.84. The minimum atomic E-state index is -0.473. The van der Waals surface area contributed by atoms with Crippen molar-refractivity contribution in [1.82, 2.24) is 15.2 Å². The molecule has 0 aliphatic carbocycles. The summed E-state index contributed by atoms with van der Waals surface area (Å²) in [5.74, 6) is -0.661. The summed E-state index contributed by atoms with van der Waals surface area (Å²) < 4.78 is 14.1. The molecular formula is C9H7BrFN5S. The first-order valence-corrected chi connectivity index (χ1v) is 6.06. The number of amidine groups is 1. The number of nitrogens with one attached hydrogen (secondary N) is 2. The van der Waals surface area contributed by atoms with Crippen molar-refractivity contribution < 1.29 is 4.39 Å². The predicted molar refractivity (Wildman–Crippen MR) is 65.6 cm³/mol. The van der Waals surface area contributed by atoms with E-state index in [9.17, 15) is 4.39 Å². The van der Waals surface area contributed by atoms with E-state index in [1.807, 2.05) is 0 Å². The maximum atomic E-state index is 13.9. The summed E-state index contributed by atoms with van der Waals surface area (Å²) in [5.41, 5.74) is 5.64. The third-order valence-corrected chi connectivity index (χ3v) is 3.64. The van der Waals surface area contributed by atoms with E-state index in [4.69, 9.17) is 11.1 Å². The third kappa shape index (κ3) is 2.47. The maximum absolute atomic E-state index is 13.9. The molecule has 5 nitrogen and oxygen atoms in total. The molecule has 17 heavy (non-hydrogen) atoms. The van der Waals surface area contributed by atoms with E-state index in [-0.39, 0.29) is 10.3 Å². The molecule has 1 heterocycles. The molecule has 0 bridgehead atoms. The van der Waals surface area contributed by atoms with Gasteiger partial charge in [-0.1, -0.05) is 0 Å². The number of hydrogen-bond acceptors (Lipinski definition) is 4. The van der Waals surface area contributed by atoms with Crippen LogP contribution in [0.3, 0.4) is 0 Å². The Morgan fingerprint density at radius 2 is 2.29 bits per heavy atom. The number of rotatable bonds is 3. The quantitative estimate of drug-likeness (QED) is 0.597. The Hall–Kier alpha value is -1.41. The van der Waals surface area contributed by atoms with Gasteiger partial charge in [0.1, 0.15) is 12.2 Å². The monoisotopic (exact) mass is 315 g/mol. The Labute approximate surface area is 109 Å². The molecule has 2 rings (SSSR count). The standard InChI is InChI=1S/C9H7BrFN5S/c10-6-4(8(12)13)1-2-5(7(6)11)17-9-14-3-15-16-9/h1-3H,(H3,12,13)(H,14,15,16). The van der Waals surface area contributed by atoms with Crippen LogP contribution >= 0.6 is 27.7 Å². The molecule has 4 N–H and O–H groups in total. The average Bonchev–Trinajstić information content (AvgIpc) is 2.77. The zero-order valence-electron chi connectivity index (χ0n) is 8.37. The molecule has 0 amide bonds. The van der Waals surface area contributed by atoms with Crippen molar-refractivity contribution in [2.24, 2.45) is 5.73 Å². The highest BCUT2D eigenvalue weighted by Gasteiger charge is 2.14. The van der Waals surface area contributed by atoms with E-state index in [1.54, 1.807) is 12.1 Å². The van der Waals surface area contributed by atoms with Gasteiger partial charge in [-0.3, -0.25) is 10.5 Å². The van der Waals surface area contributed by atoms with Gasteiger partial charge in [-0.05, 0) is 39.8 Å². The van der Waals surface area contributed by atoms with Crippen LogP contribution in [0.2, 0.25) is 0 Å². The normalized spacial score (nSPS) is 10.5. The van der Waals surface area contributed by atoms with Crippen LogP contribution in [0.4, 0.5) is 4.39 Å². The minimum absolute atomic E-state index is 0.175. The number of H-pyrrole nitrogens is 1. The van der Waals surface area contributed by atoms with Gasteiger partial charge in [0.2, 0.25) is 0 Å². The highest BCUT2D eigenvalue weighted by atomic mass is 79.9. The number of benzene rings is 1. The largest absolute Gasteiger partial charge is 0.384 e.